The van der Waals surface area contributed by atoms with E-state index in [4.69, 9.17) is 21.1 Å². The molecule has 0 aromatic rings. The number of rotatable bonds is 8. The molecule has 1 amide bonds. The zero-order chi connectivity index (χ0) is 12.7. The highest BCUT2D eigenvalue weighted by atomic mass is 35.5. The van der Waals surface area contributed by atoms with Crippen LogP contribution in [0, 0.1) is 5.92 Å². The lowest BCUT2D eigenvalue weighted by molar-refractivity contribution is -0.124. The number of carbonyl (C=O) groups is 1. The summed E-state index contributed by atoms with van der Waals surface area (Å²) >= 11 is 5.91. The molecule has 0 aliphatic heterocycles. The maximum Gasteiger partial charge on any atom is 0.220 e. The van der Waals surface area contributed by atoms with Crippen molar-refractivity contribution in [3.8, 4) is 0 Å². The first kappa shape index (κ1) is 14.7. The van der Waals surface area contributed by atoms with E-state index in [0.717, 1.165) is 19.4 Å². The van der Waals surface area contributed by atoms with Crippen LogP contribution in [0.15, 0.2) is 0 Å². The number of hydrogen-bond donors (Lipinski definition) is 1. The predicted octanol–water partition coefficient (Wildman–Crippen LogP) is 1.56. The number of methoxy groups -OCH3 is 1. The second-order valence-electron chi connectivity index (χ2n) is 4.48. The molecule has 1 fully saturated rings. The molecule has 0 heterocycles. The smallest absolute Gasteiger partial charge is 0.220 e. The van der Waals surface area contributed by atoms with E-state index in [1.165, 1.54) is 0 Å². The Kier molecular flexibility index (Phi) is 6.85. The van der Waals surface area contributed by atoms with E-state index in [1.807, 2.05) is 6.92 Å². The van der Waals surface area contributed by atoms with Gasteiger partial charge in [0.2, 0.25) is 5.91 Å². The molecule has 1 aliphatic carbocycles. The van der Waals surface area contributed by atoms with Crippen LogP contribution in [-0.2, 0) is 14.3 Å². The van der Waals surface area contributed by atoms with Gasteiger partial charge in [-0.15, -0.1) is 11.6 Å². The minimum atomic E-state index is -0.151. The van der Waals surface area contributed by atoms with E-state index in [-0.39, 0.29) is 11.3 Å². The Bertz CT molecular complexity index is 232. The molecular weight excluding hydrogens is 242 g/mol. The van der Waals surface area contributed by atoms with Gasteiger partial charge in [0, 0.05) is 26.7 Å². The van der Waals surface area contributed by atoms with Crippen LogP contribution >= 0.6 is 11.6 Å². The molecule has 0 aromatic carbocycles. The molecular formula is C12H22ClNO3. The molecule has 100 valence electrons. The van der Waals surface area contributed by atoms with Gasteiger partial charge in [-0.1, -0.05) is 0 Å². The maximum absolute atomic E-state index is 11.6. The zero-order valence-electron chi connectivity index (χ0n) is 10.6. The maximum atomic E-state index is 11.6. The number of ether oxygens (including phenoxy) is 2. The lowest BCUT2D eigenvalue weighted by atomic mass is 9.80. The first-order valence-electron chi connectivity index (χ1n) is 6.17. The van der Waals surface area contributed by atoms with Crippen LogP contribution < -0.4 is 5.32 Å². The molecule has 1 saturated carbocycles. The van der Waals surface area contributed by atoms with Gasteiger partial charge in [0.25, 0.3) is 0 Å². The molecule has 1 aliphatic rings. The third-order valence-electron chi connectivity index (χ3n) is 2.94. The molecule has 1 atom stereocenters. The van der Waals surface area contributed by atoms with Crippen LogP contribution in [0.4, 0.5) is 0 Å². The number of halogens is 1. The summed E-state index contributed by atoms with van der Waals surface area (Å²) in [5.74, 6) is 0.550. The molecule has 5 heteroatoms. The van der Waals surface area contributed by atoms with Gasteiger partial charge >= 0.3 is 0 Å². The predicted molar refractivity (Wildman–Crippen MR) is 67.3 cm³/mol. The molecule has 0 aromatic heterocycles. The molecule has 0 spiro atoms. The second-order valence-corrected chi connectivity index (χ2v) is 5.09. The molecule has 17 heavy (non-hydrogen) atoms. The van der Waals surface area contributed by atoms with E-state index in [1.54, 1.807) is 7.11 Å². The monoisotopic (exact) mass is 263 g/mol. The summed E-state index contributed by atoms with van der Waals surface area (Å²) in [7, 11) is 1.60. The fourth-order valence-corrected chi connectivity index (χ4v) is 2.21. The standard InChI is InChI=1S/C12H22ClNO3/c1-3-17-11-4-9(5-11)6-12(15)14-7-10(13)8-16-2/h9-11H,3-8H2,1-2H3,(H,14,15). The summed E-state index contributed by atoms with van der Waals surface area (Å²) in [5, 5.41) is 2.67. The minimum Gasteiger partial charge on any atom is -0.383 e. The average molecular weight is 264 g/mol. The van der Waals surface area contributed by atoms with Gasteiger partial charge in [-0.3, -0.25) is 4.79 Å². The number of nitrogens with one attached hydrogen (secondary N) is 1. The van der Waals surface area contributed by atoms with Gasteiger partial charge in [0.1, 0.15) is 0 Å². The van der Waals surface area contributed by atoms with Gasteiger partial charge in [0.15, 0.2) is 0 Å². The summed E-state index contributed by atoms with van der Waals surface area (Å²) in [6.45, 7) is 3.68. The summed E-state index contributed by atoms with van der Waals surface area (Å²) in [5.41, 5.74) is 0. The van der Waals surface area contributed by atoms with Gasteiger partial charge in [-0.2, -0.15) is 0 Å². The Morgan fingerprint density at radius 3 is 2.82 bits per heavy atom. The zero-order valence-corrected chi connectivity index (χ0v) is 11.3. The molecule has 0 saturated heterocycles. The van der Waals surface area contributed by atoms with E-state index in [9.17, 15) is 4.79 Å². The van der Waals surface area contributed by atoms with Crippen molar-refractivity contribution in [1.29, 1.82) is 0 Å². The topological polar surface area (TPSA) is 47.6 Å². The van der Waals surface area contributed by atoms with Crippen molar-refractivity contribution in [1.82, 2.24) is 5.32 Å². The molecule has 1 unspecified atom stereocenters. The fourth-order valence-electron chi connectivity index (χ4n) is 2.01. The van der Waals surface area contributed by atoms with Crippen LogP contribution in [0.5, 0.6) is 0 Å². The lowest BCUT2D eigenvalue weighted by Crippen LogP contribution is -2.37. The SMILES string of the molecule is CCOC1CC(CC(=O)NCC(Cl)COC)C1. The van der Waals surface area contributed by atoms with Crippen LogP contribution in [0.25, 0.3) is 0 Å². The van der Waals surface area contributed by atoms with Crippen LogP contribution in [0.1, 0.15) is 26.2 Å². The fraction of sp³-hybridized carbons (Fsp3) is 0.917. The van der Waals surface area contributed by atoms with Crippen LogP contribution in [0.3, 0.4) is 0 Å². The Morgan fingerprint density at radius 1 is 1.53 bits per heavy atom. The molecule has 0 radical (unpaired) electrons. The second kappa shape index (κ2) is 7.90. The van der Waals surface area contributed by atoms with Crippen molar-refractivity contribution in [2.24, 2.45) is 5.92 Å². The molecule has 1 rings (SSSR count). The summed E-state index contributed by atoms with van der Waals surface area (Å²) in [4.78, 5) is 11.6. The number of amides is 1. The van der Waals surface area contributed by atoms with Gasteiger partial charge in [-0.25, -0.2) is 0 Å². The Labute approximate surface area is 108 Å². The summed E-state index contributed by atoms with van der Waals surface area (Å²) in [6.07, 6.45) is 2.96. The highest BCUT2D eigenvalue weighted by molar-refractivity contribution is 6.21. The van der Waals surface area contributed by atoms with E-state index in [0.29, 0.717) is 31.6 Å². The Balaban J connectivity index is 2.03. The van der Waals surface area contributed by atoms with Crippen molar-refractivity contribution in [2.45, 2.75) is 37.7 Å². The van der Waals surface area contributed by atoms with Crippen LogP contribution in [0.2, 0.25) is 0 Å². The molecule has 0 bridgehead atoms. The quantitative estimate of drug-likeness (QED) is 0.676. The van der Waals surface area contributed by atoms with Gasteiger partial charge in [0.05, 0.1) is 18.1 Å². The number of hydrogen-bond acceptors (Lipinski definition) is 3. The van der Waals surface area contributed by atoms with Crippen molar-refractivity contribution in [3.05, 3.63) is 0 Å². The normalized spacial score (nSPS) is 25.1. The Morgan fingerprint density at radius 2 is 2.24 bits per heavy atom. The van der Waals surface area contributed by atoms with E-state index < -0.39 is 0 Å². The third-order valence-corrected chi connectivity index (χ3v) is 3.22. The summed E-state index contributed by atoms with van der Waals surface area (Å²) in [6, 6.07) is 0. The van der Waals surface area contributed by atoms with Gasteiger partial charge in [-0.05, 0) is 25.7 Å². The highest BCUT2D eigenvalue weighted by Crippen LogP contribution is 2.32. The summed E-state index contributed by atoms with van der Waals surface area (Å²) < 4.78 is 10.3. The molecule has 4 nitrogen and oxygen atoms in total. The van der Waals surface area contributed by atoms with Crippen molar-refractivity contribution < 1.29 is 14.3 Å². The van der Waals surface area contributed by atoms with Crippen molar-refractivity contribution >= 4 is 17.5 Å². The first-order valence-corrected chi connectivity index (χ1v) is 6.60. The lowest BCUT2D eigenvalue weighted by Gasteiger charge is -2.34. The molecule has 1 N–H and O–H groups in total. The van der Waals surface area contributed by atoms with E-state index >= 15 is 0 Å². The number of carbonyl (C=O) groups excluding carboxylic acids is 1. The van der Waals surface area contributed by atoms with Crippen molar-refractivity contribution in [2.75, 3.05) is 26.9 Å². The van der Waals surface area contributed by atoms with Gasteiger partial charge < -0.3 is 14.8 Å². The Hall–Kier alpha value is -0.320. The largest absolute Gasteiger partial charge is 0.383 e. The minimum absolute atomic E-state index is 0.0756. The average Bonchev–Trinajstić information content (AvgIpc) is 2.24. The number of alkyl halides is 1. The third kappa shape index (κ3) is 5.70. The van der Waals surface area contributed by atoms with E-state index in [2.05, 4.69) is 5.32 Å². The first-order chi connectivity index (χ1) is 8.15. The van der Waals surface area contributed by atoms with Crippen LogP contribution in [-0.4, -0.2) is 44.3 Å². The highest BCUT2D eigenvalue weighted by Gasteiger charge is 2.30. The van der Waals surface area contributed by atoms with Crippen molar-refractivity contribution in [3.63, 3.8) is 0 Å².